The van der Waals surface area contributed by atoms with Crippen molar-refractivity contribution in [1.29, 1.82) is 0 Å². The maximum Gasteiger partial charge on any atom is 0.312 e. The molecule has 0 aliphatic heterocycles. The molecule has 0 fully saturated rings. The third-order valence-electron chi connectivity index (χ3n) is 2.10. The second-order valence-corrected chi connectivity index (χ2v) is 2.99. The molecule has 0 amide bonds. The monoisotopic (exact) mass is 211 g/mol. The van der Waals surface area contributed by atoms with Gasteiger partial charge >= 0.3 is 5.97 Å². The summed E-state index contributed by atoms with van der Waals surface area (Å²) in [5.41, 5.74) is 0.365. The Balaban J connectivity index is 3.22. The highest BCUT2D eigenvalue weighted by molar-refractivity contribution is 5.76. The molecule has 1 N–H and O–H groups in total. The SMILES string of the molecule is COc1ccnc(C(C)C(=O)O)c1OC. The average molecular weight is 211 g/mol. The van der Waals surface area contributed by atoms with Gasteiger partial charge < -0.3 is 14.6 Å². The number of nitrogens with zero attached hydrogens (tertiary/aromatic N) is 1. The third-order valence-corrected chi connectivity index (χ3v) is 2.10. The minimum atomic E-state index is -0.950. The number of hydrogen-bond acceptors (Lipinski definition) is 4. The Morgan fingerprint density at radius 3 is 2.60 bits per heavy atom. The maximum absolute atomic E-state index is 10.8. The van der Waals surface area contributed by atoms with Gasteiger partial charge in [-0.25, -0.2) is 0 Å². The minimum Gasteiger partial charge on any atom is -0.493 e. The molecular weight excluding hydrogens is 198 g/mol. The number of aromatic nitrogens is 1. The topological polar surface area (TPSA) is 68.7 Å². The van der Waals surface area contributed by atoms with Crippen molar-refractivity contribution in [3.05, 3.63) is 18.0 Å². The van der Waals surface area contributed by atoms with Gasteiger partial charge in [0.2, 0.25) is 0 Å². The van der Waals surface area contributed by atoms with Crippen LogP contribution in [0.15, 0.2) is 12.3 Å². The van der Waals surface area contributed by atoms with Crippen LogP contribution in [0.1, 0.15) is 18.5 Å². The van der Waals surface area contributed by atoms with E-state index in [0.29, 0.717) is 17.2 Å². The number of carboxylic acids is 1. The second kappa shape index (κ2) is 4.63. The van der Waals surface area contributed by atoms with Crippen molar-refractivity contribution in [2.45, 2.75) is 12.8 Å². The van der Waals surface area contributed by atoms with Gasteiger partial charge in [0.1, 0.15) is 5.69 Å². The van der Waals surface area contributed by atoms with Gasteiger partial charge in [-0.15, -0.1) is 0 Å². The summed E-state index contributed by atoms with van der Waals surface area (Å²) in [6.45, 7) is 1.55. The Morgan fingerprint density at radius 2 is 2.13 bits per heavy atom. The first-order chi connectivity index (χ1) is 7.11. The Kier molecular flexibility index (Phi) is 3.49. The highest BCUT2D eigenvalue weighted by Crippen LogP contribution is 2.33. The Labute approximate surface area is 87.7 Å². The van der Waals surface area contributed by atoms with E-state index in [9.17, 15) is 4.79 Å². The lowest BCUT2D eigenvalue weighted by atomic mass is 10.1. The largest absolute Gasteiger partial charge is 0.493 e. The number of rotatable bonds is 4. The standard InChI is InChI=1S/C10H13NO4/c1-6(10(12)13)8-9(15-3)7(14-2)4-5-11-8/h4-6H,1-3H3,(H,12,13). The van der Waals surface area contributed by atoms with Crippen LogP contribution in [-0.2, 0) is 4.79 Å². The molecule has 1 atom stereocenters. The normalized spacial score (nSPS) is 11.9. The van der Waals surface area contributed by atoms with E-state index >= 15 is 0 Å². The highest BCUT2D eigenvalue weighted by atomic mass is 16.5. The van der Waals surface area contributed by atoms with Crippen LogP contribution in [0.4, 0.5) is 0 Å². The summed E-state index contributed by atoms with van der Waals surface area (Å²) in [4.78, 5) is 14.8. The van der Waals surface area contributed by atoms with E-state index in [4.69, 9.17) is 14.6 Å². The Morgan fingerprint density at radius 1 is 1.47 bits per heavy atom. The molecule has 1 aromatic heterocycles. The van der Waals surface area contributed by atoms with Gasteiger partial charge in [-0.1, -0.05) is 0 Å². The molecule has 0 bridgehead atoms. The van der Waals surface area contributed by atoms with E-state index in [1.54, 1.807) is 13.0 Å². The fourth-order valence-corrected chi connectivity index (χ4v) is 1.24. The molecule has 0 radical (unpaired) electrons. The highest BCUT2D eigenvalue weighted by Gasteiger charge is 2.22. The minimum absolute atomic E-state index is 0.365. The quantitative estimate of drug-likeness (QED) is 0.812. The lowest BCUT2D eigenvalue weighted by Crippen LogP contribution is -2.11. The van der Waals surface area contributed by atoms with Crippen molar-refractivity contribution in [2.24, 2.45) is 0 Å². The molecule has 5 heteroatoms. The van der Waals surface area contributed by atoms with Crippen LogP contribution in [0.5, 0.6) is 11.5 Å². The molecule has 5 nitrogen and oxygen atoms in total. The molecule has 0 saturated carbocycles. The third kappa shape index (κ3) is 2.18. The molecule has 1 aromatic rings. The molecule has 0 aromatic carbocycles. The van der Waals surface area contributed by atoms with E-state index in [1.807, 2.05) is 0 Å². The van der Waals surface area contributed by atoms with Crippen LogP contribution in [0.25, 0.3) is 0 Å². The summed E-state index contributed by atoms with van der Waals surface area (Å²) in [5.74, 6) is -0.824. The van der Waals surface area contributed by atoms with Gasteiger partial charge in [-0.2, -0.15) is 0 Å². The molecule has 1 heterocycles. The lowest BCUT2D eigenvalue weighted by Gasteiger charge is -2.13. The van der Waals surface area contributed by atoms with Crippen LogP contribution in [0.2, 0.25) is 0 Å². The Hall–Kier alpha value is -1.78. The van der Waals surface area contributed by atoms with Crippen molar-refractivity contribution < 1.29 is 19.4 Å². The van der Waals surface area contributed by atoms with Gasteiger partial charge in [-0.05, 0) is 6.92 Å². The van der Waals surface area contributed by atoms with Crippen LogP contribution in [-0.4, -0.2) is 30.3 Å². The first kappa shape index (κ1) is 11.3. The summed E-state index contributed by atoms with van der Waals surface area (Å²) in [6, 6.07) is 1.62. The summed E-state index contributed by atoms with van der Waals surface area (Å²) < 4.78 is 10.1. The number of aliphatic carboxylic acids is 1. The van der Waals surface area contributed by atoms with E-state index in [2.05, 4.69) is 4.98 Å². The molecule has 1 rings (SSSR count). The van der Waals surface area contributed by atoms with Gasteiger partial charge in [0.05, 0.1) is 20.1 Å². The van der Waals surface area contributed by atoms with E-state index in [-0.39, 0.29) is 0 Å². The van der Waals surface area contributed by atoms with Gasteiger partial charge in [0.25, 0.3) is 0 Å². The number of hydrogen-bond donors (Lipinski definition) is 1. The van der Waals surface area contributed by atoms with Crippen LogP contribution in [0.3, 0.4) is 0 Å². The van der Waals surface area contributed by atoms with Crippen LogP contribution in [0, 0.1) is 0 Å². The predicted octanol–water partition coefficient (Wildman–Crippen LogP) is 1.29. The van der Waals surface area contributed by atoms with Crippen molar-refractivity contribution in [3.8, 4) is 11.5 Å². The van der Waals surface area contributed by atoms with Crippen molar-refractivity contribution in [2.75, 3.05) is 14.2 Å². The zero-order valence-electron chi connectivity index (χ0n) is 8.85. The number of carbonyl (C=O) groups is 1. The smallest absolute Gasteiger partial charge is 0.312 e. The molecule has 82 valence electrons. The fourth-order valence-electron chi connectivity index (χ4n) is 1.24. The fraction of sp³-hybridized carbons (Fsp3) is 0.400. The van der Waals surface area contributed by atoms with E-state index in [0.717, 1.165) is 0 Å². The molecule has 0 aliphatic rings. The first-order valence-corrected chi connectivity index (χ1v) is 4.41. The molecule has 0 aliphatic carbocycles. The summed E-state index contributed by atoms with van der Waals surface area (Å²) in [7, 11) is 2.95. The lowest BCUT2D eigenvalue weighted by molar-refractivity contribution is -0.138. The van der Waals surface area contributed by atoms with E-state index in [1.165, 1.54) is 20.4 Å². The molecular formula is C10H13NO4. The zero-order chi connectivity index (χ0) is 11.4. The number of carboxylic acid groups (broad SMARTS) is 1. The second-order valence-electron chi connectivity index (χ2n) is 2.99. The summed E-state index contributed by atoms with van der Waals surface area (Å²) in [6.07, 6.45) is 1.50. The van der Waals surface area contributed by atoms with Gasteiger partial charge in [-0.3, -0.25) is 9.78 Å². The number of methoxy groups -OCH3 is 2. The van der Waals surface area contributed by atoms with Crippen molar-refractivity contribution in [1.82, 2.24) is 4.98 Å². The maximum atomic E-state index is 10.8. The first-order valence-electron chi connectivity index (χ1n) is 4.41. The predicted molar refractivity (Wildman–Crippen MR) is 53.4 cm³/mol. The van der Waals surface area contributed by atoms with Gasteiger partial charge in [0.15, 0.2) is 11.5 Å². The van der Waals surface area contributed by atoms with Gasteiger partial charge in [0, 0.05) is 12.3 Å². The molecule has 15 heavy (non-hydrogen) atoms. The van der Waals surface area contributed by atoms with Crippen molar-refractivity contribution in [3.63, 3.8) is 0 Å². The van der Waals surface area contributed by atoms with Crippen molar-refractivity contribution >= 4 is 5.97 Å². The Bertz CT molecular complexity index is 364. The average Bonchev–Trinajstić information content (AvgIpc) is 2.26. The molecule has 0 spiro atoms. The number of pyridine rings is 1. The summed E-state index contributed by atoms with van der Waals surface area (Å²) in [5, 5.41) is 8.88. The molecule has 1 unspecified atom stereocenters. The van der Waals surface area contributed by atoms with Crippen LogP contribution < -0.4 is 9.47 Å². The van der Waals surface area contributed by atoms with Crippen LogP contribution >= 0.6 is 0 Å². The van der Waals surface area contributed by atoms with E-state index < -0.39 is 11.9 Å². The number of ether oxygens (including phenoxy) is 2. The zero-order valence-corrected chi connectivity index (χ0v) is 8.85. The summed E-state index contributed by atoms with van der Waals surface area (Å²) >= 11 is 0. The molecule has 0 saturated heterocycles.